The molecule has 1 heterocycles. The van der Waals surface area contributed by atoms with Crippen LogP contribution in [0.3, 0.4) is 0 Å². The summed E-state index contributed by atoms with van der Waals surface area (Å²) in [4.78, 5) is 0. The Kier molecular flexibility index (Phi) is 7.87. The fourth-order valence-corrected chi connectivity index (χ4v) is 3.45. The Morgan fingerprint density at radius 2 is 1.76 bits per heavy atom. The van der Waals surface area contributed by atoms with Gasteiger partial charge < -0.3 is 14.2 Å². The number of ether oxygens (including phenoxy) is 3. The predicted molar refractivity (Wildman–Crippen MR) is 109 cm³/mol. The first-order valence-corrected chi connectivity index (χ1v) is 10.6. The van der Waals surface area contributed by atoms with Gasteiger partial charge in [-0.15, -0.1) is 0 Å². The zero-order valence-corrected chi connectivity index (χ0v) is 17.3. The smallest absolute Gasteiger partial charge is 0.201 e. The van der Waals surface area contributed by atoms with Crippen molar-refractivity contribution >= 4 is 0 Å². The Balaban J connectivity index is 1.55. The van der Waals surface area contributed by atoms with Gasteiger partial charge in [0, 0.05) is 5.56 Å². The molecule has 2 atom stereocenters. The van der Waals surface area contributed by atoms with E-state index < -0.39 is 11.6 Å². The molecule has 0 radical (unpaired) electrons. The van der Waals surface area contributed by atoms with Crippen molar-refractivity contribution in [3.05, 3.63) is 59.2 Å². The topological polar surface area (TPSA) is 27.7 Å². The molecule has 2 aromatic rings. The van der Waals surface area contributed by atoms with Crippen LogP contribution in [0.4, 0.5) is 8.78 Å². The lowest BCUT2D eigenvalue weighted by atomic mass is 9.93. The number of benzene rings is 2. The fraction of sp³-hybridized carbons (Fsp3) is 0.500. The van der Waals surface area contributed by atoms with Crippen LogP contribution in [0.25, 0.3) is 0 Å². The van der Waals surface area contributed by atoms with E-state index in [1.165, 1.54) is 18.6 Å². The van der Waals surface area contributed by atoms with Gasteiger partial charge in [0.2, 0.25) is 5.82 Å². The molecule has 0 bridgehead atoms. The molecule has 0 aromatic heterocycles. The van der Waals surface area contributed by atoms with Crippen molar-refractivity contribution in [2.24, 2.45) is 5.92 Å². The quantitative estimate of drug-likeness (QED) is 0.441. The van der Waals surface area contributed by atoms with Crippen molar-refractivity contribution in [3.63, 3.8) is 0 Å². The molecule has 1 fully saturated rings. The molecule has 1 saturated heterocycles. The van der Waals surface area contributed by atoms with Gasteiger partial charge in [0.05, 0.1) is 19.3 Å². The summed E-state index contributed by atoms with van der Waals surface area (Å²) in [7, 11) is 0. The molecule has 0 spiro atoms. The third kappa shape index (κ3) is 5.69. The van der Waals surface area contributed by atoms with Gasteiger partial charge in [0.25, 0.3) is 0 Å². The second kappa shape index (κ2) is 10.6. The lowest BCUT2D eigenvalue weighted by molar-refractivity contribution is -0.0181. The van der Waals surface area contributed by atoms with E-state index in [0.717, 1.165) is 37.9 Å². The average Bonchev–Trinajstić information content (AvgIpc) is 2.77. The van der Waals surface area contributed by atoms with Crippen LogP contribution in [0.1, 0.15) is 63.2 Å². The molecule has 29 heavy (non-hydrogen) atoms. The summed E-state index contributed by atoms with van der Waals surface area (Å²) in [6, 6.07) is 10.6. The van der Waals surface area contributed by atoms with Gasteiger partial charge in [0.15, 0.2) is 11.6 Å². The summed E-state index contributed by atoms with van der Waals surface area (Å²) in [6.07, 6.45) is 5.22. The molecule has 1 aliphatic heterocycles. The lowest BCUT2D eigenvalue weighted by Gasteiger charge is -2.28. The first-order valence-electron chi connectivity index (χ1n) is 10.6. The monoisotopic (exact) mass is 404 g/mol. The van der Waals surface area contributed by atoms with Gasteiger partial charge in [0.1, 0.15) is 12.4 Å². The molecule has 0 N–H and O–H groups in total. The molecular weight excluding hydrogens is 374 g/mol. The summed E-state index contributed by atoms with van der Waals surface area (Å²) < 4.78 is 45.4. The van der Waals surface area contributed by atoms with E-state index in [1.54, 1.807) is 0 Å². The third-order valence-electron chi connectivity index (χ3n) is 5.48. The maximum absolute atomic E-state index is 14.3. The number of halogens is 2. The standard InChI is InChI=1S/C24H30F2O3/c1-3-5-14-27-22-13-9-19(23(25)24(22)26)16-28-20-10-7-18(8-11-20)21-12-6-17(4-2)15-29-21/h7-11,13,17,21H,3-6,12,14-16H2,1-2H3. The van der Waals surface area contributed by atoms with Crippen LogP contribution in [-0.4, -0.2) is 13.2 Å². The normalized spacial score (nSPS) is 19.2. The Morgan fingerprint density at radius 3 is 2.41 bits per heavy atom. The minimum Gasteiger partial charge on any atom is -0.490 e. The fourth-order valence-electron chi connectivity index (χ4n) is 3.45. The molecule has 5 heteroatoms. The summed E-state index contributed by atoms with van der Waals surface area (Å²) in [5.74, 6) is -0.664. The van der Waals surface area contributed by atoms with Crippen LogP contribution in [0.5, 0.6) is 11.5 Å². The Hall–Kier alpha value is -2.14. The number of unbranched alkanes of at least 4 members (excludes halogenated alkanes) is 1. The van der Waals surface area contributed by atoms with E-state index >= 15 is 0 Å². The number of rotatable bonds is 9. The molecule has 2 unspecified atom stereocenters. The minimum absolute atomic E-state index is 0.0462. The third-order valence-corrected chi connectivity index (χ3v) is 5.48. The average molecular weight is 404 g/mol. The SMILES string of the molecule is CCCCOc1ccc(COc2ccc(C3CCC(CC)CO3)cc2)c(F)c1F. The maximum Gasteiger partial charge on any atom is 0.201 e. The van der Waals surface area contributed by atoms with Crippen molar-refractivity contribution in [1.82, 2.24) is 0 Å². The van der Waals surface area contributed by atoms with Gasteiger partial charge in [-0.05, 0) is 55.0 Å². The Labute approximate surface area is 172 Å². The molecule has 0 aliphatic carbocycles. The van der Waals surface area contributed by atoms with E-state index in [1.807, 2.05) is 31.2 Å². The van der Waals surface area contributed by atoms with E-state index in [9.17, 15) is 8.78 Å². The van der Waals surface area contributed by atoms with Crippen molar-refractivity contribution in [2.45, 2.75) is 58.7 Å². The van der Waals surface area contributed by atoms with Crippen LogP contribution in [-0.2, 0) is 11.3 Å². The number of hydrogen-bond donors (Lipinski definition) is 0. The Morgan fingerprint density at radius 1 is 0.966 bits per heavy atom. The highest BCUT2D eigenvalue weighted by atomic mass is 19.2. The minimum atomic E-state index is -0.961. The summed E-state index contributed by atoms with van der Waals surface area (Å²) in [5, 5.41) is 0. The van der Waals surface area contributed by atoms with Gasteiger partial charge in [-0.1, -0.05) is 38.8 Å². The van der Waals surface area contributed by atoms with Crippen molar-refractivity contribution < 1.29 is 23.0 Å². The number of hydrogen-bond acceptors (Lipinski definition) is 3. The molecule has 1 aliphatic rings. The Bertz CT molecular complexity index is 768. The highest BCUT2D eigenvalue weighted by Crippen LogP contribution is 2.32. The van der Waals surface area contributed by atoms with E-state index in [4.69, 9.17) is 14.2 Å². The van der Waals surface area contributed by atoms with Crippen LogP contribution in [0, 0.1) is 17.6 Å². The van der Waals surface area contributed by atoms with E-state index in [2.05, 4.69) is 6.92 Å². The largest absolute Gasteiger partial charge is 0.490 e. The molecule has 3 nitrogen and oxygen atoms in total. The summed E-state index contributed by atoms with van der Waals surface area (Å²) >= 11 is 0. The highest BCUT2D eigenvalue weighted by molar-refractivity contribution is 5.32. The van der Waals surface area contributed by atoms with Crippen molar-refractivity contribution in [3.8, 4) is 11.5 Å². The summed E-state index contributed by atoms with van der Waals surface area (Å²) in [5.41, 5.74) is 1.29. The van der Waals surface area contributed by atoms with E-state index in [-0.39, 0.29) is 24.0 Å². The second-order valence-electron chi connectivity index (χ2n) is 7.58. The van der Waals surface area contributed by atoms with Crippen LogP contribution in [0.2, 0.25) is 0 Å². The van der Waals surface area contributed by atoms with Crippen molar-refractivity contribution in [1.29, 1.82) is 0 Å². The highest BCUT2D eigenvalue weighted by Gasteiger charge is 2.22. The molecular formula is C24H30F2O3. The van der Waals surface area contributed by atoms with Crippen LogP contribution >= 0.6 is 0 Å². The lowest BCUT2D eigenvalue weighted by Crippen LogP contribution is -2.20. The summed E-state index contributed by atoms with van der Waals surface area (Å²) in [6.45, 7) is 5.34. The van der Waals surface area contributed by atoms with Gasteiger partial charge in [-0.25, -0.2) is 4.39 Å². The van der Waals surface area contributed by atoms with Gasteiger partial charge >= 0.3 is 0 Å². The zero-order valence-electron chi connectivity index (χ0n) is 17.3. The zero-order chi connectivity index (χ0) is 20.6. The molecule has 2 aromatic carbocycles. The molecule has 0 saturated carbocycles. The van der Waals surface area contributed by atoms with Crippen molar-refractivity contribution in [2.75, 3.05) is 13.2 Å². The van der Waals surface area contributed by atoms with Crippen LogP contribution in [0.15, 0.2) is 36.4 Å². The first kappa shape index (κ1) is 21.6. The molecule has 3 rings (SSSR count). The predicted octanol–water partition coefficient (Wildman–Crippen LogP) is 6.60. The molecule has 158 valence electrons. The van der Waals surface area contributed by atoms with E-state index in [0.29, 0.717) is 18.3 Å². The maximum atomic E-state index is 14.3. The first-order chi connectivity index (χ1) is 14.1. The van der Waals surface area contributed by atoms with Gasteiger partial charge in [-0.2, -0.15) is 4.39 Å². The molecule has 0 amide bonds. The van der Waals surface area contributed by atoms with Crippen LogP contribution < -0.4 is 9.47 Å². The second-order valence-corrected chi connectivity index (χ2v) is 7.58. The van der Waals surface area contributed by atoms with Gasteiger partial charge in [-0.3, -0.25) is 0 Å².